The molecule has 5 heteroatoms. The first kappa shape index (κ1) is 16.4. The minimum Gasteiger partial charge on any atom is -0.481 e. The smallest absolute Gasteiger partial charge is 0.311 e. The summed E-state index contributed by atoms with van der Waals surface area (Å²) in [5.74, 6) is -2.75. The van der Waals surface area contributed by atoms with Crippen molar-refractivity contribution in [1.82, 2.24) is 0 Å². The van der Waals surface area contributed by atoms with Gasteiger partial charge in [-0.2, -0.15) is 0 Å². The molecule has 22 heavy (non-hydrogen) atoms. The van der Waals surface area contributed by atoms with Gasteiger partial charge in [0.05, 0.1) is 5.92 Å². The Kier molecular flexibility index (Phi) is 5.44. The zero-order valence-electron chi connectivity index (χ0n) is 11.6. The molecule has 1 N–H and O–H groups in total. The number of hydrogen-bond donors (Lipinski definition) is 1. The molecule has 2 rings (SSSR count). The molecule has 0 aliphatic rings. The van der Waals surface area contributed by atoms with Gasteiger partial charge in [-0.25, -0.2) is 4.39 Å². The lowest BCUT2D eigenvalue weighted by Gasteiger charge is -2.12. The molecule has 2 aromatic rings. The lowest BCUT2D eigenvalue weighted by molar-refractivity contribution is -0.140. The molecule has 2 aromatic carbocycles. The maximum Gasteiger partial charge on any atom is 0.311 e. The van der Waals surface area contributed by atoms with Crippen LogP contribution in [0.1, 0.15) is 23.5 Å². The molecule has 114 valence electrons. The topological polar surface area (TPSA) is 54.4 Å². The Labute approximate surface area is 135 Å². The Morgan fingerprint density at radius 1 is 1.14 bits per heavy atom. The number of aliphatic carboxylic acids is 1. The van der Waals surface area contributed by atoms with Crippen molar-refractivity contribution >= 4 is 27.7 Å². The van der Waals surface area contributed by atoms with Gasteiger partial charge in [-0.3, -0.25) is 9.59 Å². The van der Waals surface area contributed by atoms with Crippen molar-refractivity contribution in [2.75, 3.05) is 0 Å². The van der Waals surface area contributed by atoms with Crippen molar-refractivity contribution in [3.05, 3.63) is 69.9 Å². The highest BCUT2D eigenvalue weighted by molar-refractivity contribution is 9.10. The third-order valence-corrected chi connectivity index (χ3v) is 3.83. The molecule has 0 spiro atoms. The number of rotatable bonds is 6. The quantitative estimate of drug-likeness (QED) is 0.843. The molecular formula is C17H14BrFO3. The first-order valence-electron chi connectivity index (χ1n) is 6.70. The summed E-state index contributed by atoms with van der Waals surface area (Å²) in [4.78, 5) is 23.5. The summed E-state index contributed by atoms with van der Waals surface area (Å²) in [6.45, 7) is 0. The van der Waals surface area contributed by atoms with E-state index in [1.165, 1.54) is 12.1 Å². The normalized spacial score (nSPS) is 11.9. The third-order valence-electron chi connectivity index (χ3n) is 3.33. The van der Waals surface area contributed by atoms with Crippen LogP contribution in [-0.4, -0.2) is 16.9 Å². The molecule has 1 atom stereocenters. The minimum absolute atomic E-state index is 0.115. The first-order valence-corrected chi connectivity index (χ1v) is 7.50. The van der Waals surface area contributed by atoms with E-state index in [9.17, 15) is 19.1 Å². The molecule has 0 amide bonds. The number of carbonyl (C=O) groups is 2. The SMILES string of the molecule is O=C(Cc1ccc(Br)cc1F)C[C@H](C(=O)O)c1ccccc1. The van der Waals surface area contributed by atoms with Gasteiger partial charge in [0.15, 0.2) is 0 Å². The standard InChI is InChI=1S/C17H14BrFO3/c18-13-7-6-12(16(19)9-13)8-14(20)10-15(17(21)22)11-4-2-1-3-5-11/h1-7,9,15H,8,10H2,(H,21,22)/t15-/m0/s1. The van der Waals surface area contributed by atoms with Gasteiger partial charge in [0.2, 0.25) is 0 Å². The average molecular weight is 365 g/mol. The lowest BCUT2D eigenvalue weighted by Crippen LogP contribution is -2.17. The Bertz CT molecular complexity index is 686. The monoisotopic (exact) mass is 364 g/mol. The second kappa shape index (κ2) is 7.31. The van der Waals surface area contributed by atoms with Crippen LogP contribution in [0.3, 0.4) is 0 Å². The van der Waals surface area contributed by atoms with E-state index in [0.717, 1.165) is 0 Å². The van der Waals surface area contributed by atoms with Crippen molar-refractivity contribution < 1.29 is 19.1 Å². The molecule has 0 bridgehead atoms. The predicted octanol–water partition coefficient (Wildman–Crippen LogP) is 3.96. The van der Waals surface area contributed by atoms with E-state index < -0.39 is 17.7 Å². The van der Waals surface area contributed by atoms with Crippen molar-refractivity contribution in [1.29, 1.82) is 0 Å². The fraction of sp³-hybridized carbons (Fsp3) is 0.176. The molecule has 3 nitrogen and oxygen atoms in total. The van der Waals surface area contributed by atoms with Crippen molar-refractivity contribution in [3.8, 4) is 0 Å². The van der Waals surface area contributed by atoms with E-state index in [2.05, 4.69) is 15.9 Å². The largest absolute Gasteiger partial charge is 0.481 e. The highest BCUT2D eigenvalue weighted by Crippen LogP contribution is 2.22. The number of carboxylic acid groups (broad SMARTS) is 1. The van der Waals surface area contributed by atoms with Crippen LogP contribution in [0.15, 0.2) is 53.0 Å². The zero-order chi connectivity index (χ0) is 16.1. The van der Waals surface area contributed by atoms with Gasteiger partial charge in [0.1, 0.15) is 11.6 Å². The molecule has 0 fully saturated rings. The van der Waals surface area contributed by atoms with Gasteiger partial charge in [-0.1, -0.05) is 52.3 Å². The van der Waals surface area contributed by atoms with Crippen LogP contribution in [0.25, 0.3) is 0 Å². The third kappa shape index (κ3) is 4.24. The zero-order valence-corrected chi connectivity index (χ0v) is 13.2. The van der Waals surface area contributed by atoms with Gasteiger partial charge in [0.25, 0.3) is 0 Å². The summed E-state index contributed by atoms with van der Waals surface area (Å²) in [5.41, 5.74) is 0.838. The van der Waals surface area contributed by atoms with E-state index in [1.54, 1.807) is 36.4 Å². The number of carbonyl (C=O) groups excluding carboxylic acids is 1. The summed E-state index contributed by atoms with van der Waals surface area (Å²) < 4.78 is 14.3. The highest BCUT2D eigenvalue weighted by Gasteiger charge is 2.23. The van der Waals surface area contributed by atoms with E-state index in [4.69, 9.17) is 0 Å². The molecular weight excluding hydrogens is 351 g/mol. The Morgan fingerprint density at radius 2 is 1.82 bits per heavy atom. The summed E-state index contributed by atoms with van der Waals surface area (Å²) in [5, 5.41) is 9.30. The van der Waals surface area contributed by atoms with Crippen LogP contribution < -0.4 is 0 Å². The fourth-order valence-electron chi connectivity index (χ4n) is 2.21. The number of ketones is 1. The fourth-order valence-corrected chi connectivity index (χ4v) is 2.54. The lowest BCUT2D eigenvalue weighted by atomic mass is 9.92. The van der Waals surface area contributed by atoms with Gasteiger partial charge >= 0.3 is 5.97 Å². The second-order valence-corrected chi connectivity index (χ2v) is 5.87. The van der Waals surface area contributed by atoms with E-state index in [-0.39, 0.29) is 24.2 Å². The Balaban J connectivity index is 2.10. The summed E-state index contributed by atoms with van der Waals surface area (Å²) in [6, 6.07) is 13.0. The second-order valence-electron chi connectivity index (χ2n) is 4.96. The van der Waals surface area contributed by atoms with Crippen LogP contribution in [0, 0.1) is 5.82 Å². The van der Waals surface area contributed by atoms with E-state index in [1.807, 2.05) is 0 Å². The molecule has 0 saturated carbocycles. The first-order chi connectivity index (χ1) is 10.5. The maximum atomic E-state index is 13.7. The average Bonchev–Trinajstić information content (AvgIpc) is 2.48. The van der Waals surface area contributed by atoms with E-state index >= 15 is 0 Å². The molecule has 0 unspecified atom stereocenters. The number of hydrogen-bond acceptors (Lipinski definition) is 2. The molecule has 0 heterocycles. The Hall–Kier alpha value is -2.01. The number of halogens is 2. The van der Waals surface area contributed by atoms with Gasteiger partial charge in [-0.15, -0.1) is 0 Å². The van der Waals surface area contributed by atoms with Gasteiger partial charge in [-0.05, 0) is 23.3 Å². The number of carboxylic acids is 1. The predicted molar refractivity (Wildman–Crippen MR) is 84.2 cm³/mol. The highest BCUT2D eigenvalue weighted by atomic mass is 79.9. The Morgan fingerprint density at radius 3 is 2.41 bits per heavy atom. The summed E-state index contributed by atoms with van der Waals surface area (Å²) in [6.07, 6.45) is -0.273. The summed E-state index contributed by atoms with van der Waals surface area (Å²) in [7, 11) is 0. The van der Waals surface area contributed by atoms with Crippen LogP contribution in [0.5, 0.6) is 0 Å². The van der Waals surface area contributed by atoms with Crippen LogP contribution in [0.4, 0.5) is 4.39 Å². The van der Waals surface area contributed by atoms with Crippen molar-refractivity contribution in [3.63, 3.8) is 0 Å². The van der Waals surface area contributed by atoms with E-state index in [0.29, 0.717) is 10.0 Å². The number of Topliss-reactive ketones (excluding diaryl/α,β-unsaturated/α-hetero) is 1. The molecule has 0 saturated heterocycles. The van der Waals surface area contributed by atoms with Crippen LogP contribution >= 0.6 is 15.9 Å². The molecule has 0 aliphatic heterocycles. The van der Waals surface area contributed by atoms with Crippen molar-refractivity contribution in [2.45, 2.75) is 18.8 Å². The van der Waals surface area contributed by atoms with Crippen molar-refractivity contribution in [2.24, 2.45) is 0 Å². The minimum atomic E-state index is -1.06. The van der Waals surface area contributed by atoms with Gasteiger partial charge < -0.3 is 5.11 Å². The molecule has 0 aromatic heterocycles. The van der Waals surface area contributed by atoms with Crippen LogP contribution in [0.2, 0.25) is 0 Å². The maximum absolute atomic E-state index is 13.7. The molecule has 0 aliphatic carbocycles. The summed E-state index contributed by atoms with van der Waals surface area (Å²) >= 11 is 3.15. The molecule has 0 radical (unpaired) electrons. The van der Waals surface area contributed by atoms with Crippen LogP contribution in [-0.2, 0) is 16.0 Å². The van der Waals surface area contributed by atoms with Gasteiger partial charge in [0, 0.05) is 17.3 Å². The number of benzene rings is 2.